The number of aryl methyl sites for hydroxylation is 1. The van der Waals surface area contributed by atoms with Crippen molar-refractivity contribution in [1.82, 2.24) is 9.97 Å². The highest BCUT2D eigenvalue weighted by atomic mass is 35.5. The number of carbonyl (C=O) groups is 1. The molecule has 174 valence electrons. The monoisotopic (exact) mass is 498 g/mol. The van der Waals surface area contributed by atoms with Crippen LogP contribution >= 0.6 is 22.9 Å². The van der Waals surface area contributed by atoms with Gasteiger partial charge >= 0.3 is 0 Å². The molecule has 4 rings (SSSR count). The number of rotatable bonds is 7. The van der Waals surface area contributed by atoms with Gasteiger partial charge in [-0.15, -0.1) is 0 Å². The number of nitro groups is 1. The quantitative estimate of drug-likeness (QED) is 0.247. The first-order valence-electron chi connectivity index (χ1n) is 10.0. The molecule has 0 aliphatic carbocycles. The molecular formula is C23H19ClN4O5S. The number of methoxy groups -OCH3 is 2. The van der Waals surface area contributed by atoms with E-state index in [0.29, 0.717) is 21.4 Å². The molecule has 34 heavy (non-hydrogen) atoms. The lowest BCUT2D eigenvalue weighted by atomic mass is 10.1. The van der Waals surface area contributed by atoms with E-state index in [9.17, 15) is 14.9 Å². The van der Waals surface area contributed by atoms with Crippen molar-refractivity contribution in [3.8, 4) is 11.5 Å². The van der Waals surface area contributed by atoms with Gasteiger partial charge in [0.15, 0.2) is 16.6 Å². The smallest absolute Gasteiger partial charge is 0.286 e. The number of halogens is 1. The van der Waals surface area contributed by atoms with Crippen LogP contribution in [0.4, 0.5) is 10.8 Å². The number of anilines is 1. The highest BCUT2D eigenvalue weighted by Crippen LogP contribution is 2.38. The lowest BCUT2D eigenvalue weighted by molar-refractivity contribution is -0.385. The van der Waals surface area contributed by atoms with E-state index >= 15 is 0 Å². The molecule has 0 spiro atoms. The molecule has 0 radical (unpaired) electrons. The van der Waals surface area contributed by atoms with Gasteiger partial charge in [0.05, 0.1) is 47.7 Å². The molecule has 1 amide bonds. The number of benzene rings is 2. The fourth-order valence-corrected chi connectivity index (χ4v) is 4.89. The zero-order valence-corrected chi connectivity index (χ0v) is 20.0. The van der Waals surface area contributed by atoms with Gasteiger partial charge in [-0.25, -0.2) is 4.98 Å². The predicted octanol–water partition coefficient (Wildman–Crippen LogP) is 5.43. The number of nitrogens with zero attached hydrogens (tertiary/aromatic N) is 4. The summed E-state index contributed by atoms with van der Waals surface area (Å²) in [6.45, 7) is 1.93. The van der Waals surface area contributed by atoms with Crippen LogP contribution in [0.3, 0.4) is 0 Å². The van der Waals surface area contributed by atoms with Crippen LogP contribution in [0.25, 0.3) is 10.2 Å². The second-order valence-electron chi connectivity index (χ2n) is 7.26. The Morgan fingerprint density at radius 3 is 2.56 bits per heavy atom. The van der Waals surface area contributed by atoms with Crippen molar-refractivity contribution < 1.29 is 19.2 Å². The number of aromatic nitrogens is 2. The van der Waals surface area contributed by atoms with E-state index in [2.05, 4.69) is 9.97 Å². The van der Waals surface area contributed by atoms with E-state index in [1.165, 1.54) is 42.6 Å². The highest BCUT2D eigenvalue weighted by molar-refractivity contribution is 7.22. The van der Waals surface area contributed by atoms with Gasteiger partial charge in [-0.1, -0.05) is 29.0 Å². The number of hydrogen-bond acceptors (Lipinski definition) is 8. The Morgan fingerprint density at radius 2 is 1.91 bits per heavy atom. The summed E-state index contributed by atoms with van der Waals surface area (Å²) < 4.78 is 11.3. The molecule has 2 aromatic heterocycles. The molecule has 0 bridgehead atoms. The molecule has 0 aliphatic heterocycles. The summed E-state index contributed by atoms with van der Waals surface area (Å²) in [4.78, 5) is 35.3. The maximum absolute atomic E-state index is 13.8. The molecule has 4 aromatic rings. The van der Waals surface area contributed by atoms with E-state index in [-0.39, 0.29) is 23.6 Å². The van der Waals surface area contributed by atoms with Crippen molar-refractivity contribution in [1.29, 1.82) is 0 Å². The third kappa shape index (κ3) is 4.50. The minimum atomic E-state index is -0.629. The molecular weight excluding hydrogens is 480 g/mol. The lowest BCUT2D eigenvalue weighted by Gasteiger charge is -2.20. The zero-order chi connectivity index (χ0) is 24.4. The molecule has 2 heterocycles. The third-order valence-electron chi connectivity index (χ3n) is 5.09. The maximum atomic E-state index is 13.8. The molecule has 0 aliphatic rings. The van der Waals surface area contributed by atoms with Gasteiger partial charge in [0.25, 0.3) is 11.6 Å². The highest BCUT2D eigenvalue weighted by Gasteiger charge is 2.30. The van der Waals surface area contributed by atoms with Crippen LogP contribution in [0.5, 0.6) is 11.5 Å². The second kappa shape index (κ2) is 9.62. The van der Waals surface area contributed by atoms with E-state index in [0.717, 1.165) is 10.3 Å². The molecule has 0 saturated heterocycles. The van der Waals surface area contributed by atoms with Crippen molar-refractivity contribution in [2.45, 2.75) is 13.5 Å². The van der Waals surface area contributed by atoms with Gasteiger partial charge in [-0.2, -0.15) is 0 Å². The van der Waals surface area contributed by atoms with E-state index in [4.69, 9.17) is 21.1 Å². The van der Waals surface area contributed by atoms with Crippen molar-refractivity contribution in [3.05, 3.63) is 80.6 Å². The van der Waals surface area contributed by atoms with E-state index in [1.54, 1.807) is 36.5 Å². The van der Waals surface area contributed by atoms with E-state index < -0.39 is 16.5 Å². The van der Waals surface area contributed by atoms with Crippen LogP contribution in [0.1, 0.15) is 21.6 Å². The summed E-state index contributed by atoms with van der Waals surface area (Å²) in [6.07, 6.45) is 1.61. The van der Waals surface area contributed by atoms with Crippen LogP contribution in [0.2, 0.25) is 5.02 Å². The van der Waals surface area contributed by atoms with Crippen LogP contribution in [0.15, 0.2) is 48.7 Å². The molecule has 0 unspecified atom stereocenters. The summed E-state index contributed by atoms with van der Waals surface area (Å²) in [5.74, 6) is -0.283. The number of nitro benzene ring substituents is 1. The molecule has 0 atom stereocenters. The minimum absolute atomic E-state index is 0.0533. The number of carbonyl (C=O) groups excluding carboxylic acids is 1. The zero-order valence-electron chi connectivity index (χ0n) is 18.4. The second-order valence-corrected chi connectivity index (χ2v) is 8.71. The minimum Gasteiger partial charge on any atom is -0.493 e. The lowest BCUT2D eigenvalue weighted by Crippen LogP contribution is -2.31. The van der Waals surface area contributed by atoms with Crippen LogP contribution in [-0.2, 0) is 6.54 Å². The Bertz CT molecular complexity index is 1390. The van der Waals surface area contributed by atoms with Crippen LogP contribution < -0.4 is 14.4 Å². The Balaban J connectivity index is 1.88. The molecule has 0 N–H and O–H groups in total. The average molecular weight is 499 g/mol. The topological polar surface area (TPSA) is 108 Å². The van der Waals surface area contributed by atoms with Crippen molar-refractivity contribution in [2.24, 2.45) is 0 Å². The number of amides is 1. The van der Waals surface area contributed by atoms with Gasteiger partial charge in [-0.05, 0) is 36.8 Å². The first-order chi connectivity index (χ1) is 16.3. The first-order valence-corrected chi connectivity index (χ1v) is 11.2. The average Bonchev–Trinajstić information content (AvgIpc) is 3.25. The standard InChI is InChI=1S/C23H19ClN4O5S/c1-13-8-14(24)9-20-21(13)26-23(34-20)27(12-15-6-4-5-7-25-15)22(29)16-10-18(32-2)19(33-3)11-17(16)28(30)31/h4-11H,12H2,1-3H3. The summed E-state index contributed by atoms with van der Waals surface area (Å²) in [5.41, 5.74) is 1.58. The Morgan fingerprint density at radius 1 is 1.18 bits per heavy atom. The van der Waals surface area contributed by atoms with Gasteiger partial charge in [0, 0.05) is 17.3 Å². The molecule has 0 saturated carbocycles. The van der Waals surface area contributed by atoms with Crippen LogP contribution in [0, 0.1) is 17.0 Å². The van der Waals surface area contributed by atoms with Gasteiger partial charge in [0.1, 0.15) is 5.56 Å². The van der Waals surface area contributed by atoms with Crippen LogP contribution in [-0.4, -0.2) is 35.0 Å². The SMILES string of the molecule is COc1cc(C(=O)N(Cc2ccccn2)c2nc3c(C)cc(Cl)cc3s2)c([N+](=O)[O-])cc1OC. The first kappa shape index (κ1) is 23.4. The Labute approximate surface area is 203 Å². The molecule has 2 aromatic carbocycles. The maximum Gasteiger partial charge on any atom is 0.286 e. The summed E-state index contributed by atoms with van der Waals surface area (Å²) in [6, 6.07) is 11.4. The third-order valence-corrected chi connectivity index (χ3v) is 6.33. The molecule has 0 fully saturated rings. The summed E-state index contributed by atoms with van der Waals surface area (Å²) in [5, 5.41) is 12.7. The van der Waals surface area contributed by atoms with E-state index in [1.807, 2.05) is 6.92 Å². The number of thiazole rings is 1. The van der Waals surface area contributed by atoms with Crippen molar-refractivity contribution >= 4 is 49.9 Å². The fraction of sp³-hybridized carbons (Fsp3) is 0.174. The Hall–Kier alpha value is -3.76. The Kier molecular flexibility index (Phi) is 6.62. The number of ether oxygens (including phenoxy) is 2. The largest absolute Gasteiger partial charge is 0.493 e. The predicted molar refractivity (Wildman–Crippen MR) is 130 cm³/mol. The number of fused-ring (bicyclic) bond motifs is 1. The van der Waals surface area contributed by atoms with Gasteiger partial charge in [-0.3, -0.25) is 24.8 Å². The molecule has 11 heteroatoms. The van der Waals surface area contributed by atoms with Gasteiger partial charge < -0.3 is 9.47 Å². The number of hydrogen-bond donors (Lipinski definition) is 0. The molecule has 9 nitrogen and oxygen atoms in total. The normalized spacial score (nSPS) is 10.8. The van der Waals surface area contributed by atoms with Crippen molar-refractivity contribution in [2.75, 3.05) is 19.1 Å². The fourth-order valence-electron chi connectivity index (χ4n) is 3.47. The van der Waals surface area contributed by atoms with Crippen molar-refractivity contribution in [3.63, 3.8) is 0 Å². The van der Waals surface area contributed by atoms with Gasteiger partial charge in [0.2, 0.25) is 0 Å². The number of pyridine rings is 1. The summed E-state index contributed by atoms with van der Waals surface area (Å²) >= 11 is 7.47. The summed E-state index contributed by atoms with van der Waals surface area (Å²) in [7, 11) is 2.76.